The molecule has 5 heteroatoms. The maximum Gasteiger partial charge on any atom is 0.154 e. The van der Waals surface area contributed by atoms with Gasteiger partial charge < -0.3 is 10.8 Å². The lowest BCUT2D eigenvalue weighted by molar-refractivity contribution is 0.295. The van der Waals surface area contributed by atoms with Gasteiger partial charge in [-0.1, -0.05) is 24.3 Å². The molecule has 0 aromatic heterocycles. The predicted octanol–water partition coefficient (Wildman–Crippen LogP) is 0.442. The van der Waals surface area contributed by atoms with Crippen LogP contribution in [0.2, 0.25) is 0 Å². The van der Waals surface area contributed by atoms with Crippen molar-refractivity contribution in [3.05, 3.63) is 35.4 Å². The Bertz CT molecular complexity index is 411. The highest BCUT2D eigenvalue weighted by molar-refractivity contribution is 7.90. The molecule has 1 aromatic carbocycles. The largest absolute Gasteiger partial charge is 0.396 e. The van der Waals surface area contributed by atoms with E-state index in [4.69, 9.17) is 10.8 Å². The maximum atomic E-state index is 11.6. The van der Waals surface area contributed by atoms with Crippen LogP contribution < -0.4 is 5.73 Å². The summed E-state index contributed by atoms with van der Waals surface area (Å²) in [5, 5.41) is 8.59. The van der Waals surface area contributed by atoms with E-state index < -0.39 is 9.84 Å². The third-order valence-electron chi connectivity index (χ3n) is 2.26. The van der Waals surface area contributed by atoms with Gasteiger partial charge in [-0.2, -0.15) is 0 Å². The standard InChI is InChI=1S/C11H17NO3S/c12-8-10-2-4-11(5-3-10)9-16(14,15)7-1-6-13/h2-5,13H,1,6-9,12H2. The van der Waals surface area contributed by atoms with Crippen LogP contribution in [0.5, 0.6) is 0 Å². The molecule has 1 aromatic rings. The van der Waals surface area contributed by atoms with Gasteiger partial charge in [0, 0.05) is 13.2 Å². The fourth-order valence-corrected chi connectivity index (χ4v) is 2.80. The summed E-state index contributed by atoms with van der Waals surface area (Å²) < 4.78 is 23.2. The number of rotatable bonds is 6. The van der Waals surface area contributed by atoms with E-state index in [9.17, 15) is 8.42 Å². The Balaban J connectivity index is 2.65. The number of hydrogen-bond donors (Lipinski definition) is 2. The number of hydrogen-bond acceptors (Lipinski definition) is 4. The number of nitrogens with two attached hydrogens (primary N) is 1. The third-order valence-corrected chi connectivity index (χ3v) is 3.94. The lowest BCUT2D eigenvalue weighted by atomic mass is 10.1. The van der Waals surface area contributed by atoms with Crippen molar-refractivity contribution in [3.63, 3.8) is 0 Å². The normalized spacial score (nSPS) is 11.6. The molecule has 0 bridgehead atoms. The average molecular weight is 243 g/mol. The van der Waals surface area contributed by atoms with Crippen LogP contribution >= 0.6 is 0 Å². The summed E-state index contributed by atoms with van der Waals surface area (Å²) in [6.07, 6.45) is 0.295. The Morgan fingerprint density at radius 3 is 2.19 bits per heavy atom. The van der Waals surface area contributed by atoms with Crippen LogP contribution in [0.25, 0.3) is 0 Å². The first-order valence-electron chi connectivity index (χ1n) is 5.16. The molecule has 0 heterocycles. The molecule has 0 saturated carbocycles. The van der Waals surface area contributed by atoms with E-state index in [1.54, 1.807) is 12.1 Å². The maximum absolute atomic E-state index is 11.6. The van der Waals surface area contributed by atoms with Crippen molar-refractivity contribution in [2.24, 2.45) is 5.73 Å². The smallest absolute Gasteiger partial charge is 0.154 e. The highest BCUT2D eigenvalue weighted by Crippen LogP contribution is 2.09. The number of aliphatic hydroxyl groups is 1. The Kier molecular flexibility index (Phi) is 4.92. The van der Waals surface area contributed by atoms with Crippen LogP contribution in [-0.4, -0.2) is 25.9 Å². The quantitative estimate of drug-likeness (QED) is 0.760. The molecule has 0 fully saturated rings. The summed E-state index contributed by atoms with van der Waals surface area (Å²) in [7, 11) is -3.11. The molecule has 4 nitrogen and oxygen atoms in total. The molecular formula is C11H17NO3S. The Hall–Kier alpha value is -0.910. The summed E-state index contributed by atoms with van der Waals surface area (Å²) in [4.78, 5) is 0. The van der Waals surface area contributed by atoms with Crippen molar-refractivity contribution < 1.29 is 13.5 Å². The topological polar surface area (TPSA) is 80.4 Å². The molecule has 0 amide bonds. The summed E-state index contributed by atoms with van der Waals surface area (Å²) in [5.41, 5.74) is 7.19. The predicted molar refractivity (Wildman–Crippen MR) is 63.5 cm³/mol. The van der Waals surface area contributed by atoms with E-state index in [1.807, 2.05) is 12.1 Å². The zero-order valence-electron chi connectivity index (χ0n) is 9.09. The van der Waals surface area contributed by atoms with E-state index in [0.717, 1.165) is 11.1 Å². The fourth-order valence-electron chi connectivity index (χ4n) is 1.38. The molecule has 90 valence electrons. The average Bonchev–Trinajstić information content (AvgIpc) is 2.27. The molecule has 0 aliphatic rings. The van der Waals surface area contributed by atoms with Gasteiger partial charge in [0.15, 0.2) is 9.84 Å². The van der Waals surface area contributed by atoms with E-state index in [-0.39, 0.29) is 18.1 Å². The summed E-state index contributed by atoms with van der Waals surface area (Å²) >= 11 is 0. The first-order valence-corrected chi connectivity index (χ1v) is 6.99. The molecule has 0 atom stereocenters. The van der Waals surface area contributed by atoms with Crippen LogP contribution in [-0.2, 0) is 22.1 Å². The molecule has 1 rings (SSSR count). The zero-order chi connectivity index (χ0) is 12.0. The third kappa shape index (κ3) is 4.30. The molecular weight excluding hydrogens is 226 g/mol. The molecule has 0 radical (unpaired) electrons. The van der Waals surface area contributed by atoms with Crippen molar-refractivity contribution in [1.82, 2.24) is 0 Å². The second-order valence-corrected chi connectivity index (χ2v) is 5.87. The SMILES string of the molecule is NCc1ccc(CS(=O)(=O)CCCO)cc1. The Morgan fingerprint density at radius 1 is 1.12 bits per heavy atom. The van der Waals surface area contributed by atoms with Gasteiger partial charge in [0.2, 0.25) is 0 Å². The first kappa shape index (κ1) is 13.2. The van der Waals surface area contributed by atoms with Gasteiger partial charge in [-0.25, -0.2) is 8.42 Å². The van der Waals surface area contributed by atoms with Gasteiger partial charge in [-0.3, -0.25) is 0 Å². The summed E-state index contributed by atoms with van der Waals surface area (Å²) in [6.45, 7) is 0.364. The van der Waals surface area contributed by atoms with E-state index in [1.165, 1.54) is 0 Å². The minimum absolute atomic E-state index is 0.0256. The van der Waals surface area contributed by atoms with Gasteiger partial charge >= 0.3 is 0 Å². The van der Waals surface area contributed by atoms with E-state index >= 15 is 0 Å². The number of benzene rings is 1. The van der Waals surface area contributed by atoms with Crippen LogP contribution in [0, 0.1) is 0 Å². The van der Waals surface area contributed by atoms with Crippen molar-refractivity contribution in [2.45, 2.75) is 18.7 Å². The molecule has 0 aliphatic heterocycles. The highest BCUT2D eigenvalue weighted by Gasteiger charge is 2.11. The van der Waals surface area contributed by atoms with E-state index in [2.05, 4.69) is 0 Å². The second-order valence-electron chi connectivity index (χ2n) is 3.69. The lowest BCUT2D eigenvalue weighted by Gasteiger charge is -2.04. The Labute approximate surface area is 96.0 Å². The van der Waals surface area contributed by atoms with Crippen LogP contribution in [0.1, 0.15) is 17.5 Å². The summed E-state index contributed by atoms with van der Waals surface area (Å²) in [6, 6.07) is 7.21. The van der Waals surface area contributed by atoms with Gasteiger partial charge in [0.1, 0.15) is 0 Å². The Morgan fingerprint density at radius 2 is 1.69 bits per heavy atom. The first-order chi connectivity index (χ1) is 7.57. The van der Waals surface area contributed by atoms with E-state index in [0.29, 0.717) is 13.0 Å². The molecule has 0 unspecified atom stereocenters. The van der Waals surface area contributed by atoms with Gasteiger partial charge in [0.25, 0.3) is 0 Å². The lowest BCUT2D eigenvalue weighted by Crippen LogP contribution is -2.10. The molecule has 0 aliphatic carbocycles. The van der Waals surface area contributed by atoms with Crippen molar-refractivity contribution >= 4 is 9.84 Å². The minimum Gasteiger partial charge on any atom is -0.396 e. The zero-order valence-corrected chi connectivity index (χ0v) is 9.91. The molecule has 0 spiro atoms. The van der Waals surface area contributed by atoms with Gasteiger partial charge in [-0.15, -0.1) is 0 Å². The van der Waals surface area contributed by atoms with Crippen LogP contribution in [0.3, 0.4) is 0 Å². The van der Waals surface area contributed by atoms with Crippen LogP contribution in [0.15, 0.2) is 24.3 Å². The highest BCUT2D eigenvalue weighted by atomic mass is 32.2. The summed E-state index contributed by atoms with van der Waals surface area (Å²) in [5.74, 6) is 0.0555. The van der Waals surface area contributed by atoms with Gasteiger partial charge in [0.05, 0.1) is 11.5 Å². The van der Waals surface area contributed by atoms with Crippen molar-refractivity contribution in [2.75, 3.05) is 12.4 Å². The molecule has 16 heavy (non-hydrogen) atoms. The fraction of sp³-hybridized carbons (Fsp3) is 0.455. The van der Waals surface area contributed by atoms with Gasteiger partial charge in [-0.05, 0) is 17.5 Å². The number of sulfone groups is 1. The van der Waals surface area contributed by atoms with Crippen molar-refractivity contribution in [3.8, 4) is 0 Å². The second kappa shape index (κ2) is 5.98. The molecule has 3 N–H and O–H groups in total. The monoisotopic (exact) mass is 243 g/mol. The number of aliphatic hydroxyl groups excluding tert-OH is 1. The van der Waals surface area contributed by atoms with Crippen LogP contribution in [0.4, 0.5) is 0 Å². The minimum atomic E-state index is -3.11. The van der Waals surface area contributed by atoms with Crippen molar-refractivity contribution in [1.29, 1.82) is 0 Å². The molecule has 0 saturated heterocycles.